The van der Waals surface area contributed by atoms with Gasteiger partial charge in [0, 0.05) is 18.8 Å². The summed E-state index contributed by atoms with van der Waals surface area (Å²) in [5.41, 5.74) is 4.95. The molecule has 1 aromatic heterocycles. The molecule has 0 aliphatic rings. The van der Waals surface area contributed by atoms with Gasteiger partial charge in [-0.3, -0.25) is 9.88 Å². The van der Waals surface area contributed by atoms with Gasteiger partial charge in [-0.2, -0.15) is 0 Å². The smallest absolute Gasteiger partial charge is 0.0572 e. The zero-order chi connectivity index (χ0) is 16.1. The van der Waals surface area contributed by atoms with Crippen LogP contribution < -0.4 is 0 Å². The summed E-state index contributed by atoms with van der Waals surface area (Å²) in [6.45, 7) is 3.10. The summed E-state index contributed by atoms with van der Waals surface area (Å²) in [6, 6.07) is 25.7. The van der Waals surface area contributed by atoms with Crippen LogP contribution >= 0.6 is 0 Å². The van der Waals surface area contributed by atoms with Crippen LogP contribution in [0.3, 0.4) is 0 Å². The van der Waals surface area contributed by atoms with Crippen LogP contribution in [0.5, 0.6) is 0 Å². The van der Waals surface area contributed by atoms with Crippen LogP contribution in [0.25, 0.3) is 11.1 Å². The molecule has 2 nitrogen and oxygen atoms in total. The fourth-order valence-corrected chi connectivity index (χ4v) is 2.75. The second-order valence-corrected chi connectivity index (χ2v) is 5.91. The zero-order valence-corrected chi connectivity index (χ0v) is 13.7. The molecule has 0 spiro atoms. The van der Waals surface area contributed by atoms with E-state index in [4.69, 9.17) is 0 Å². The molecular weight excluding hydrogens is 280 g/mol. The highest BCUT2D eigenvalue weighted by molar-refractivity contribution is 5.63. The van der Waals surface area contributed by atoms with Gasteiger partial charge in [0.2, 0.25) is 0 Å². The molecule has 2 aromatic carbocycles. The van der Waals surface area contributed by atoms with Crippen molar-refractivity contribution in [1.82, 2.24) is 9.88 Å². The SMILES string of the molecule is C[C@H](c1ccccn1)N(C)Cc1cccc(-c2ccccc2)c1. The van der Waals surface area contributed by atoms with Crippen molar-refractivity contribution < 1.29 is 0 Å². The number of pyridine rings is 1. The lowest BCUT2D eigenvalue weighted by Gasteiger charge is -2.24. The Morgan fingerprint density at radius 2 is 1.61 bits per heavy atom. The third kappa shape index (κ3) is 3.85. The minimum atomic E-state index is 0.289. The molecule has 116 valence electrons. The maximum Gasteiger partial charge on any atom is 0.0572 e. The van der Waals surface area contributed by atoms with Crippen molar-refractivity contribution in [3.63, 3.8) is 0 Å². The second-order valence-electron chi connectivity index (χ2n) is 5.91. The highest BCUT2D eigenvalue weighted by atomic mass is 15.1. The first kappa shape index (κ1) is 15.4. The molecule has 0 bridgehead atoms. The Hall–Kier alpha value is -2.45. The van der Waals surface area contributed by atoms with Gasteiger partial charge in [-0.05, 0) is 48.9 Å². The molecule has 0 saturated heterocycles. The first-order valence-corrected chi connectivity index (χ1v) is 7.99. The fourth-order valence-electron chi connectivity index (χ4n) is 2.75. The van der Waals surface area contributed by atoms with Crippen LogP contribution in [0.1, 0.15) is 24.2 Å². The molecule has 2 heteroatoms. The third-order valence-corrected chi connectivity index (χ3v) is 4.24. The average Bonchev–Trinajstić information content (AvgIpc) is 2.63. The average molecular weight is 302 g/mol. The van der Waals surface area contributed by atoms with Crippen molar-refractivity contribution >= 4 is 0 Å². The molecule has 0 aliphatic heterocycles. The predicted molar refractivity (Wildman–Crippen MR) is 96.0 cm³/mol. The van der Waals surface area contributed by atoms with Crippen molar-refractivity contribution in [1.29, 1.82) is 0 Å². The van der Waals surface area contributed by atoms with E-state index in [1.807, 2.05) is 18.3 Å². The van der Waals surface area contributed by atoms with Crippen LogP contribution in [-0.2, 0) is 6.54 Å². The maximum absolute atomic E-state index is 4.46. The van der Waals surface area contributed by atoms with Gasteiger partial charge in [-0.15, -0.1) is 0 Å². The molecule has 0 saturated carbocycles. The number of benzene rings is 2. The predicted octanol–water partition coefficient (Wildman–Crippen LogP) is 4.94. The van der Waals surface area contributed by atoms with Gasteiger partial charge in [0.15, 0.2) is 0 Å². The maximum atomic E-state index is 4.46. The van der Waals surface area contributed by atoms with E-state index < -0.39 is 0 Å². The van der Waals surface area contributed by atoms with Crippen molar-refractivity contribution in [3.05, 3.63) is 90.3 Å². The van der Waals surface area contributed by atoms with Crippen molar-refractivity contribution in [3.8, 4) is 11.1 Å². The Bertz CT molecular complexity index is 738. The molecule has 0 amide bonds. The molecule has 1 atom stereocenters. The number of aromatic nitrogens is 1. The first-order chi connectivity index (χ1) is 11.2. The van der Waals surface area contributed by atoms with E-state index in [9.17, 15) is 0 Å². The van der Waals surface area contributed by atoms with Crippen LogP contribution in [0.15, 0.2) is 79.0 Å². The van der Waals surface area contributed by atoms with Gasteiger partial charge in [0.05, 0.1) is 5.69 Å². The summed E-state index contributed by atoms with van der Waals surface area (Å²) >= 11 is 0. The van der Waals surface area contributed by atoms with Gasteiger partial charge in [0.1, 0.15) is 0 Å². The van der Waals surface area contributed by atoms with E-state index in [-0.39, 0.29) is 6.04 Å². The Balaban J connectivity index is 1.75. The first-order valence-electron chi connectivity index (χ1n) is 7.99. The highest BCUT2D eigenvalue weighted by Crippen LogP contribution is 2.23. The minimum absolute atomic E-state index is 0.289. The Kier molecular flexibility index (Phi) is 4.84. The summed E-state index contributed by atoms with van der Waals surface area (Å²) in [4.78, 5) is 6.79. The highest BCUT2D eigenvalue weighted by Gasteiger charge is 2.13. The number of nitrogens with zero attached hydrogens (tertiary/aromatic N) is 2. The van der Waals surface area contributed by atoms with Gasteiger partial charge in [0.25, 0.3) is 0 Å². The summed E-state index contributed by atoms with van der Waals surface area (Å²) in [5, 5.41) is 0. The minimum Gasteiger partial charge on any atom is -0.294 e. The van der Waals surface area contributed by atoms with Crippen molar-refractivity contribution in [2.45, 2.75) is 19.5 Å². The van der Waals surface area contributed by atoms with E-state index in [0.29, 0.717) is 0 Å². The molecule has 0 fully saturated rings. The zero-order valence-electron chi connectivity index (χ0n) is 13.7. The van der Waals surface area contributed by atoms with Crippen LogP contribution in [0, 0.1) is 0 Å². The van der Waals surface area contributed by atoms with Crippen molar-refractivity contribution in [2.75, 3.05) is 7.05 Å². The molecule has 1 heterocycles. The van der Waals surface area contributed by atoms with Crippen LogP contribution in [0.2, 0.25) is 0 Å². The monoisotopic (exact) mass is 302 g/mol. The van der Waals surface area contributed by atoms with E-state index in [1.165, 1.54) is 16.7 Å². The van der Waals surface area contributed by atoms with E-state index in [1.54, 1.807) is 0 Å². The number of rotatable bonds is 5. The molecular formula is C21H22N2. The van der Waals surface area contributed by atoms with E-state index >= 15 is 0 Å². The third-order valence-electron chi connectivity index (χ3n) is 4.24. The molecule has 3 aromatic rings. The fraction of sp³-hybridized carbons (Fsp3) is 0.190. The quantitative estimate of drug-likeness (QED) is 0.663. The lowest BCUT2D eigenvalue weighted by atomic mass is 10.0. The van der Waals surface area contributed by atoms with Gasteiger partial charge in [-0.25, -0.2) is 0 Å². The number of hydrogen-bond donors (Lipinski definition) is 0. The Morgan fingerprint density at radius 1 is 0.870 bits per heavy atom. The summed E-state index contributed by atoms with van der Waals surface area (Å²) in [6.07, 6.45) is 1.86. The standard InChI is InChI=1S/C21H22N2/c1-17(21-13-6-7-14-22-21)23(2)16-18-9-8-12-20(15-18)19-10-4-3-5-11-19/h3-15,17H,16H2,1-2H3/t17-/m1/s1. The largest absolute Gasteiger partial charge is 0.294 e. The molecule has 3 rings (SSSR count). The van der Waals surface area contributed by atoms with Crippen LogP contribution in [0.4, 0.5) is 0 Å². The Labute approximate surface area is 138 Å². The lowest BCUT2D eigenvalue weighted by molar-refractivity contribution is 0.248. The number of hydrogen-bond acceptors (Lipinski definition) is 2. The second kappa shape index (κ2) is 7.21. The van der Waals surface area contributed by atoms with E-state index in [2.05, 4.69) is 84.5 Å². The summed E-state index contributed by atoms with van der Waals surface area (Å²) < 4.78 is 0. The van der Waals surface area contributed by atoms with Crippen molar-refractivity contribution in [2.24, 2.45) is 0 Å². The van der Waals surface area contributed by atoms with Gasteiger partial charge < -0.3 is 0 Å². The molecule has 0 aliphatic carbocycles. The molecule has 23 heavy (non-hydrogen) atoms. The topological polar surface area (TPSA) is 16.1 Å². The molecule has 0 radical (unpaired) electrons. The molecule has 0 unspecified atom stereocenters. The lowest BCUT2D eigenvalue weighted by Crippen LogP contribution is -2.22. The normalized spacial score (nSPS) is 12.3. The molecule has 0 N–H and O–H groups in total. The van der Waals surface area contributed by atoms with Gasteiger partial charge in [-0.1, -0.05) is 54.6 Å². The van der Waals surface area contributed by atoms with Gasteiger partial charge >= 0.3 is 0 Å². The summed E-state index contributed by atoms with van der Waals surface area (Å²) in [7, 11) is 2.15. The van der Waals surface area contributed by atoms with E-state index in [0.717, 1.165) is 12.2 Å². The van der Waals surface area contributed by atoms with Crippen LogP contribution in [-0.4, -0.2) is 16.9 Å². The Morgan fingerprint density at radius 3 is 2.35 bits per heavy atom. The summed E-state index contributed by atoms with van der Waals surface area (Å²) in [5.74, 6) is 0.